The smallest absolute Gasteiger partial charge is 0.169 e. The molecule has 0 amide bonds. The van der Waals surface area contributed by atoms with E-state index in [0.717, 1.165) is 93.0 Å². The van der Waals surface area contributed by atoms with Gasteiger partial charge in [0.05, 0.1) is 5.69 Å². The molecular formula is C54H49N5OS. The molecule has 2 aromatic heterocycles. The van der Waals surface area contributed by atoms with Crippen LogP contribution in [0.4, 0.5) is 5.69 Å². The number of nitrogens with two attached hydrogens (primary N) is 1. The molecule has 0 saturated heterocycles. The predicted octanol–water partition coefficient (Wildman–Crippen LogP) is 13.0. The minimum absolute atomic E-state index is 0.113. The Bertz CT molecular complexity index is 2960. The van der Waals surface area contributed by atoms with Gasteiger partial charge in [-0.05, 0) is 59.6 Å². The number of nitrogens with zero attached hydrogens (tertiary/aromatic N) is 3. The van der Waals surface area contributed by atoms with Gasteiger partial charge in [-0.15, -0.1) is 11.3 Å². The van der Waals surface area contributed by atoms with Gasteiger partial charge in [-0.25, -0.2) is 15.0 Å². The third-order valence-electron chi connectivity index (χ3n) is 12.6. The van der Waals surface area contributed by atoms with Crippen molar-refractivity contribution in [2.45, 2.75) is 58.5 Å². The first-order chi connectivity index (χ1) is 29.9. The Morgan fingerprint density at radius 3 is 2.43 bits per heavy atom. The van der Waals surface area contributed by atoms with Crippen LogP contribution in [0.1, 0.15) is 82.8 Å². The topological polar surface area (TPSA) is 88.3 Å². The number of aryl methyl sites for hydroxylation is 2. The highest BCUT2D eigenvalue weighted by Crippen LogP contribution is 2.45. The second-order valence-electron chi connectivity index (χ2n) is 16.5. The molecule has 1 aliphatic heterocycles. The van der Waals surface area contributed by atoms with Crippen molar-refractivity contribution in [2.24, 2.45) is 32.5 Å². The van der Waals surface area contributed by atoms with Crippen molar-refractivity contribution in [3.05, 3.63) is 201 Å². The monoisotopic (exact) mass is 815 g/mol. The summed E-state index contributed by atoms with van der Waals surface area (Å²) in [7, 11) is 0. The van der Waals surface area contributed by atoms with Crippen LogP contribution in [-0.4, -0.2) is 17.5 Å². The van der Waals surface area contributed by atoms with E-state index in [1.165, 1.54) is 26.3 Å². The Morgan fingerprint density at radius 1 is 0.869 bits per heavy atom. The van der Waals surface area contributed by atoms with Crippen LogP contribution in [0.15, 0.2) is 177 Å². The maximum absolute atomic E-state index is 6.69. The number of hydrogen-bond donors (Lipinski definition) is 2. The minimum atomic E-state index is -0.414. The maximum Gasteiger partial charge on any atom is 0.169 e. The van der Waals surface area contributed by atoms with Crippen molar-refractivity contribution < 1.29 is 4.42 Å². The van der Waals surface area contributed by atoms with Crippen LogP contribution >= 0.6 is 11.3 Å². The van der Waals surface area contributed by atoms with E-state index in [1.807, 2.05) is 53.8 Å². The molecule has 302 valence electrons. The van der Waals surface area contributed by atoms with Gasteiger partial charge < -0.3 is 15.5 Å². The quantitative estimate of drug-likeness (QED) is 0.106. The zero-order valence-electron chi connectivity index (χ0n) is 34.8. The molecule has 5 aromatic carbocycles. The number of hydrogen-bond acceptors (Lipinski definition) is 6. The normalized spacial score (nSPS) is 19.5. The predicted molar refractivity (Wildman–Crippen MR) is 255 cm³/mol. The zero-order chi connectivity index (χ0) is 41.5. The van der Waals surface area contributed by atoms with E-state index in [9.17, 15) is 0 Å². The fourth-order valence-corrected chi connectivity index (χ4v) is 10.5. The van der Waals surface area contributed by atoms with Crippen molar-refractivity contribution in [3.8, 4) is 0 Å². The minimum Gasteiger partial charge on any atom is -0.460 e. The third kappa shape index (κ3) is 7.37. The van der Waals surface area contributed by atoms with Crippen LogP contribution in [0.2, 0.25) is 0 Å². The molecule has 0 radical (unpaired) electrons. The molecule has 61 heavy (non-hydrogen) atoms. The first-order valence-electron chi connectivity index (χ1n) is 21.5. The van der Waals surface area contributed by atoms with Gasteiger partial charge >= 0.3 is 0 Å². The van der Waals surface area contributed by atoms with Crippen LogP contribution in [0.5, 0.6) is 0 Å². The van der Waals surface area contributed by atoms with E-state index in [2.05, 4.69) is 135 Å². The molecule has 4 atom stereocenters. The Morgan fingerprint density at radius 2 is 1.61 bits per heavy atom. The van der Waals surface area contributed by atoms with Crippen LogP contribution in [0.25, 0.3) is 26.6 Å². The molecule has 3 aliphatic rings. The molecule has 6 nitrogen and oxygen atoms in total. The fourth-order valence-electron chi connectivity index (χ4n) is 9.33. The van der Waals surface area contributed by atoms with E-state index in [0.29, 0.717) is 17.7 Å². The summed E-state index contributed by atoms with van der Waals surface area (Å²) in [6.07, 6.45) is 12.8. The summed E-state index contributed by atoms with van der Waals surface area (Å²) < 4.78 is 7.64. The van der Waals surface area contributed by atoms with Gasteiger partial charge in [0.15, 0.2) is 6.17 Å². The zero-order valence-corrected chi connectivity index (χ0v) is 35.6. The molecule has 10 rings (SSSR count). The van der Waals surface area contributed by atoms with E-state index < -0.39 is 6.17 Å². The molecular weight excluding hydrogens is 767 g/mol. The first kappa shape index (κ1) is 38.6. The summed E-state index contributed by atoms with van der Waals surface area (Å²) in [4.78, 5) is 17.1. The lowest BCUT2D eigenvalue weighted by Crippen LogP contribution is -2.37. The Balaban J connectivity index is 1.07. The van der Waals surface area contributed by atoms with E-state index in [4.69, 9.17) is 25.1 Å². The highest BCUT2D eigenvalue weighted by atomic mass is 32.1. The second kappa shape index (κ2) is 16.5. The van der Waals surface area contributed by atoms with Crippen LogP contribution < -0.4 is 11.1 Å². The highest BCUT2D eigenvalue weighted by Gasteiger charge is 2.33. The summed E-state index contributed by atoms with van der Waals surface area (Å²) in [6.45, 7) is 6.95. The Hall–Kier alpha value is -6.57. The third-order valence-corrected chi connectivity index (χ3v) is 13.8. The summed E-state index contributed by atoms with van der Waals surface area (Å²) in [6, 6.07) is 44.0. The van der Waals surface area contributed by atoms with E-state index >= 15 is 0 Å². The number of nitrogens with one attached hydrogen (secondary N) is 1. The number of thiophene rings is 1. The molecule has 3 N–H and O–H groups in total. The molecule has 4 unspecified atom stereocenters. The summed E-state index contributed by atoms with van der Waals surface area (Å²) >= 11 is 1.81. The second-order valence-corrected chi connectivity index (χ2v) is 17.6. The standard InChI is InChI=1S/C54H49N5OS/c1-4-33(2)38-30-29-35(32-47-50(40-23-12-14-28-46(40)61-47)56-51(55)36-18-7-5-8-19-36)31-43(38)48-34(3)17-15-24-41(48)53-57-52(37-20-9-6-10-21-37)58-54(59-53)42-25-16-27-45-49(42)39-22-11-13-26-44(39)60-45/h5-15,17-26,28-31,33,38,43,52H,4,16,27,32H2,1-3H3,(H2,55,56)(H,57,58,59). The van der Waals surface area contributed by atoms with Gasteiger partial charge in [0, 0.05) is 61.4 Å². The molecule has 0 fully saturated rings. The Kier molecular flexibility index (Phi) is 10.4. The molecule has 3 heterocycles. The van der Waals surface area contributed by atoms with Crippen LogP contribution in [0, 0.1) is 18.8 Å². The largest absolute Gasteiger partial charge is 0.460 e. The fraction of sp³-hybridized carbons (Fsp3) is 0.204. The number of para-hydroxylation sites is 1. The number of rotatable bonds is 10. The highest BCUT2D eigenvalue weighted by molar-refractivity contribution is 7.19. The SMILES string of the molecule is CCC(C)C1C=CC(Cc2sc3ccccc3c2N=C(N)c2ccccc2)=CC1c1c(C)cccc1C1=NC(c2ccccc2)N=C(C2=CCCc3oc4ccccc4c32)N1. The van der Waals surface area contributed by atoms with Crippen LogP contribution in [0.3, 0.4) is 0 Å². The van der Waals surface area contributed by atoms with Gasteiger partial charge in [0.25, 0.3) is 0 Å². The molecule has 0 saturated carbocycles. The van der Waals surface area contributed by atoms with Gasteiger partial charge in [0.2, 0.25) is 0 Å². The number of furan rings is 1. The number of benzene rings is 5. The lowest BCUT2D eigenvalue weighted by Gasteiger charge is -2.34. The average molecular weight is 816 g/mol. The lowest BCUT2D eigenvalue weighted by molar-refractivity contribution is 0.381. The molecule has 7 aromatic rings. The average Bonchev–Trinajstić information content (AvgIpc) is 3.86. The number of aliphatic imine (C=N–C) groups is 3. The van der Waals surface area contributed by atoms with Crippen molar-refractivity contribution in [3.63, 3.8) is 0 Å². The summed E-state index contributed by atoms with van der Waals surface area (Å²) in [5.41, 5.74) is 17.6. The van der Waals surface area contributed by atoms with Crippen molar-refractivity contribution in [1.82, 2.24) is 5.32 Å². The van der Waals surface area contributed by atoms with Gasteiger partial charge in [-0.2, -0.15) is 0 Å². The summed E-state index contributed by atoms with van der Waals surface area (Å²) in [5, 5.41) is 6.08. The summed E-state index contributed by atoms with van der Waals surface area (Å²) in [5.74, 6) is 4.06. The number of allylic oxidation sites excluding steroid dienone is 5. The molecule has 7 heteroatoms. The van der Waals surface area contributed by atoms with E-state index in [1.54, 1.807) is 0 Å². The van der Waals surface area contributed by atoms with Gasteiger partial charge in [0.1, 0.15) is 28.9 Å². The van der Waals surface area contributed by atoms with Crippen molar-refractivity contribution >= 4 is 61.2 Å². The van der Waals surface area contributed by atoms with Crippen molar-refractivity contribution in [2.75, 3.05) is 0 Å². The van der Waals surface area contributed by atoms with Gasteiger partial charge in [-0.1, -0.05) is 160 Å². The van der Waals surface area contributed by atoms with E-state index in [-0.39, 0.29) is 5.92 Å². The maximum atomic E-state index is 6.69. The van der Waals surface area contributed by atoms with Gasteiger partial charge in [-0.3, -0.25) is 0 Å². The molecule has 2 aliphatic carbocycles. The number of fused-ring (bicyclic) bond motifs is 4. The first-order valence-corrected chi connectivity index (χ1v) is 22.3. The lowest BCUT2D eigenvalue weighted by atomic mass is 9.71. The van der Waals surface area contributed by atoms with Crippen LogP contribution in [-0.2, 0) is 12.8 Å². The Labute approximate surface area is 361 Å². The molecule has 0 bridgehead atoms. The number of amidine groups is 3. The van der Waals surface area contributed by atoms with Crippen molar-refractivity contribution in [1.29, 1.82) is 0 Å². The molecule has 0 spiro atoms.